The minimum atomic E-state index is -0.181. The van der Waals surface area contributed by atoms with Crippen LogP contribution in [-0.2, 0) is 0 Å². The van der Waals surface area contributed by atoms with Crippen LogP contribution in [0.4, 0.5) is 0 Å². The van der Waals surface area contributed by atoms with Gasteiger partial charge in [-0.05, 0) is 37.1 Å². The highest BCUT2D eigenvalue weighted by Gasteiger charge is 2.08. The van der Waals surface area contributed by atoms with E-state index >= 15 is 0 Å². The van der Waals surface area contributed by atoms with Crippen molar-refractivity contribution in [3.05, 3.63) is 34.9 Å². The van der Waals surface area contributed by atoms with Gasteiger partial charge in [0.2, 0.25) is 0 Å². The van der Waals surface area contributed by atoms with E-state index in [1.165, 1.54) is 11.1 Å². The summed E-state index contributed by atoms with van der Waals surface area (Å²) in [4.78, 5) is 0. The standard InChI is InChI=1S/C12H16N2/c1-4-14-12(8-13)11-6-5-9(2)10(3)7-11/h5-7,12,14H,4H2,1-3H3. The zero-order valence-electron chi connectivity index (χ0n) is 8.96. The van der Waals surface area contributed by atoms with Gasteiger partial charge < -0.3 is 0 Å². The van der Waals surface area contributed by atoms with Crippen molar-refractivity contribution in [1.82, 2.24) is 5.32 Å². The number of benzene rings is 1. The second kappa shape index (κ2) is 4.78. The lowest BCUT2D eigenvalue weighted by molar-refractivity contribution is 0.657. The first kappa shape index (κ1) is 10.7. The van der Waals surface area contributed by atoms with Crippen molar-refractivity contribution in [2.24, 2.45) is 0 Å². The molecule has 0 amide bonds. The molecule has 0 fully saturated rings. The first-order valence-corrected chi connectivity index (χ1v) is 4.89. The first-order chi connectivity index (χ1) is 6.69. The van der Waals surface area contributed by atoms with Gasteiger partial charge in [-0.15, -0.1) is 0 Å². The Kier molecular flexibility index (Phi) is 3.67. The minimum Gasteiger partial charge on any atom is -0.298 e. The second-order valence-electron chi connectivity index (χ2n) is 3.46. The van der Waals surface area contributed by atoms with Crippen LogP contribution in [-0.4, -0.2) is 6.54 Å². The maximum Gasteiger partial charge on any atom is 0.121 e. The molecule has 1 aromatic carbocycles. The van der Waals surface area contributed by atoms with E-state index in [9.17, 15) is 0 Å². The normalized spacial score (nSPS) is 12.1. The Morgan fingerprint density at radius 3 is 2.57 bits per heavy atom. The van der Waals surface area contributed by atoms with E-state index in [2.05, 4.69) is 37.4 Å². The van der Waals surface area contributed by atoms with E-state index in [0.717, 1.165) is 12.1 Å². The van der Waals surface area contributed by atoms with Crippen LogP contribution in [0.3, 0.4) is 0 Å². The summed E-state index contributed by atoms with van der Waals surface area (Å²) < 4.78 is 0. The lowest BCUT2D eigenvalue weighted by atomic mass is 10.0. The molecule has 2 nitrogen and oxygen atoms in total. The maximum absolute atomic E-state index is 8.96. The Labute approximate surface area is 85.6 Å². The van der Waals surface area contributed by atoms with Gasteiger partial charge in [-0.3, -0.25) is 5.32 Å². The van der Waals surface area contributed by atoms with Crippen LogP contribution in [0.15, 0.2) is 18.2 Å². The van der Waals surface area contributed by atoms with E-state index < -0.39 is 0 Å². The number of hydrogen-bond acceptors (Lipinski definition) is 2. The summed E-state index contributed by atoms with van der Waals surface area (Å²) in [6, 6.07) is 8.22. The van der Waals surface area contributed by atoms with Crippen LogP contribution in [0.25, 0.3) is 0 Å². The molecule has 0 saturated carbocycles. The van der Waals surface area contributed by atoms with Gasteiger partial charge >= 0.3 is 0 Å². The molecule has 74 valence electrons. The van der Waals surface area contributed by atoms with Gasteiger partial charge in [0.25, 0.3) is 0 Å². The molecule has 0 bridgehead atoms. The summed E-state index contributed by atoms with van der Waals surface area (Å²) in [7, 11) is 0. The molecule has 1 unspecified atom stereocenters. The third-order valence-corrected chi connectivity index (χ3v) is 2.40. The fourth-order valence-electron chi connectivity index (χ4n) is 1.39. The van der Waals surface area contributed by atoms with Crippen molar-refractivity contribution in [3.8, 4) is 6.07 Å². The highest BCUT2D eigenvalue weighted by Crippen LogP contribution is 2.16. The van der Waals surface area contributed by atoms with E-state index in [4.69, 9.17) is 5.26 Å². The Hall–Kier alpha value is -1.33. The molecule has 0 radical (unpaired) electrons. The summed E-state index contributed by atoms with van der Waals surface area (Å²) >= 11 is 0. The van der Waals surface area contributed by atoms with Gasteiger partial charge in [-0.2, -0.15) is 5.26 Å². The molecule has 0 aromatic heterocycles. The van der Waals surface area contributed by atoms with Crippen LogP contribution in [0.1, 0.15) is 29.7 Å². The summed E-state index contributed by atoms with van der Waals surface area (Å²) in [6.07, 6.45) is 0. The van der Waals surface area contributed by atoms with Gasteiger partial charge in [-0.25, -0.2) is 0 Å². The van der Waals surface area contributed by atoms with E-state index in [0.29, 0.717) is 0 Å². The van der Waals surface area contributed by atoms with Crippen LogP contribution >= 0.6 is 0 Å². The number of nitrogens with one attached hydrogen (secondary N) is 1. The fourth-order valence-corrected chi connectivity index (χ4v) is 1.39. The molecule has 14 heavy (non-hydrogen) atoms. The predicted octanol–water partition coefficient (Wildman–Crippen LogP) is 2.48. The SMILES string of the molecule is CCNC(C#N)c1ccc(C)c(C)c1. The summed E-state index contributed by atoms with van der Waals surface area (Å²) in [5.41, 5.74) is 3.56. The van der Waals surface area contributed by atoms with E-state index in [1.807, 2.05) is 13.0 Å². The van der Waals surface area contributed by atoms with Crippen molar-refractivity contribution >= 4 is 0 Å². The first-order valence-electron chi connectivity index (χ1n) is 4.89. The van der Waals surface area contributed by atoms with Crippen LogP contribution in [0.5, 0.6) is 0 Å². The smallest absolute Gasteiger partial charge is 0.121 e. The molecule has 1 rings (SSSR count). The average Bonchev–Trinajstić information content (AvgIpc) is 2.19. The molecule has 1 aromatic rings. The lowest BCUT2D eigenvalue weighted by Crippen LogP contribution is -2.19. The van der Waals surface area contributed by atoms with Gasteiger partial charge in [-0.1, -0.05) is 25.1 Å². The Balaban J connectivity index is 2.95. The highest BCUT2D eigenvalue weighted by atomic mass is 14.9. The summed E-state index contributed by atoms with van der Waals surface area (Å²) in [5, 5.41) is 12.1. The summed E-state index contributed by atoms with van der Waals surface area (Å²) in [6.45, 7) is 6.96. The topological polar surface area (TPSA) is 35.8 Å². The monoisotopic (exact) mass is 188 g/mol. The molecule has 0 aliphatic rings. The average molecular weight is 188 g/mol. The third-order valence-electron chi connectivity index (χ3n) is 2.40. The largest absolute Gasteiger partial charge is 0.298 e. The van der Waals surface area contributed by atoms with Gasteiger partial charge in [0.05, 0.1) is 6.07 Å². The van der Waals surface area contributed by atoms with Crippen LogP contribution in [0, 0.1) is 25.2 Å². The molecule has 0 saturated heterocycles. The molecule has 0 aliphatic heterocycles. The second-order valence-corrected chi connectivity index (χ2v) is 3.46. The third kappa shape index (κ3) is 2.34. The zero-order chi connectivity index (χ0) is 10.6. The van der Waals surface area contributed by atoms with E-state index in [1.54, 1.807) is 0 Å². The summed E-state index contributed by atoms with van der Waals surface area (Å²) in [5.74, 6) is 0. The van der Waals surface area contributed by atoms with Crippen molar-refractivity contribution in [2.75, 3.05) is 6.54 Å². The molecule has 1 atom stereocenters. The number of rotatable bonds is 3. The lowest BCUT2D eigenvalue weighted by Gasteiger charge is -2.11. The Morgan fingerprint density at radius 2 is 2.07 bits per heavy atom. The molecule has 2 heteroatoms. The van der Waals surface area contributed by atoms with Crippen LogP contribution in [0.2, 0.25) is 0 Å². The highest BCUT2D eigenvalue weighted by molar-refractivity contribution is 5.33. The van der Waals surface area contributed by atoms with E-state index in [-0.39, 0.29) is 6.04 Å². The quantitative estimate of drug-likeness (QED) is 0.791. The Morgan fingerprint density at radius 1 is 1.36 bits per heavy atom. The zero-order valence-corrected chi connectivity index (χ0v) is 8.96. The number of nitriles is 1. The van der Waals surface area contributed by atoms with Crippen molar-refractivity contribution in [3.63, 3.8) is 0 Å². The van der Waals surface area contributed by atoms with Gasteiger partial charge in [0.1, 0.15) is 6.04 Å². The fraction of sp³-hybridized carbons (Fsp3) is 0.417. The van der Waals surface area contributed by atoms with Crippen molar-refractivity contribution < 1.29 is 0 Å². The van der Waals surface area contributed by atoms with Crippen molar-refractivity contribution in [1.29, 1.82) is 5.26 Å². The molecular weight excluding hydrogens is 172 g/mol. The molecule has 0 spiro atoms. The number of aryl methyl sites for hydroxylation is 2. The minimum absolute atomic E-state index is 0.181. The van der Waals surface area contributed by atoms with Crippen LogP contribution < -0.4 is 5.32 Å². The molecule has 0 aliphatic carbocycles. The molecular formula is C12H16N2. The van der Waals surface area contributed by atoms with Gasteiger partial charge in [0.15, 0.2) is 0 Å². The molecule has 0 heterocycles. The van der Waals surface area contributed by atoms with Gasteiger partial charge in [0, 0.05) is 0 Å². The maximum atomic E-state index is 8.96. The predicted molar refractivity (Wildman–Crippen MR) is 57.9 cm³/mol. The van der Waals surface area contributed by atoms with Crippen molar-refractivity contribution in [2.45, 2.75) is 26.8 Å². The molecule has 1 N–H and O–H groups in total. The number of hydrogen-bond donors (Lipinski definition) is 1. The number of nitrogens with zero attached hydrogens (tertiary/aromatic N) is 1. The Bertz CT molecular complexity index is 350.